The maximum absolute atomic E-state index is 4.51. The van der Waals surface area contributed by atoms with E-state index < -0.39 is 0 Å². The van der Waals surface area contributed by atoms with Gasteiger partial charge in [0.05, 0.1) is 10.2 Å². The van der Waals surface area contributed by atoms with E-state index in [0.717, 1.165) is 15.0 Å². The predicted octanol–water partition coefficient (Wildman–Crippen LogP) is 4.32. The summed E-state index contributed by atoms with van der Waals surface area (Å²) in [5.41, 5.74) is 2.30. The quantitative estimate of drug-likeness (QED) is 0.569. The van der Waals surface area contributed by atoms with E-state index in [9.17, 15) is 0 Å². The molecule has 0 atom stereocenters. The van der Waals surface area contributed by atoms with Gasteiger partial charge in [-0.3, -0.25) is 0 Å². The second kappa shape index (κ2) is 5.21. The first-order valence-corrected chi connectivity index (χ1v) is 8.03. The third-order valence-electron chi connectivity index (χ3n) is 2.07. The molecule has 16 heavy (non-hydrogen) atoms. The number of nitrogens with zero attached hydrogens (tertiary/aromatic N) is 2. The zero-order valence-corrected chi connectivity index (χ0v) is 11.8. The van der Waals surface area contributed by atoms with Gasteiger partial charge in [0.1, 0.15) is 4.38 Å². The van der Waals surface area contributed by atoms with Gasteiger partial charge in [-0.2, -0.15) is 0 Å². The molecule has 2 nitrogen and oxygen atoms in total. The normalized spacial score (nSPS) is 10.7. The molecule has 0 aliphatic heterocycles. The highest BCUT2D eigenvalue weighted by molar-refractivity contribution is 8.38. The Morgan fingerprint density at radius 2 is 2.06 bits per heavy atom. The summed E-state index contributed by atoms with van der Waals surface area (Å²) in [6.07, 6.45) is 4.07. The summed E-state index contributed by atoms with van der Waals surface area (Å²) in [7, 11) is 0. The lowest BCUT2D eigenvalue weighted by Gasteiger charge is -1.93. The van der Waals surface area contributed by atoms with Gasteiger partial charge >= 0.3 is 0 Å². The molecule has 0 saturated carbocycles. The fourth-order valence-corrected chi connectivity index (χ4v) is 3.40. The molecule has 0 fully saturated rings. The minimum atomic E-state index is 0.847. The Bertz CT molecular complexity index is 525. The number of hydrogen-bond donors (Lipinski definition) is 0. The highest BCUT2D eigenvalue weighted by Gasteiger charge is 2.04. The topological polar surface area (TPSA) is 25.2 Å². The third-order valence-corrected chi connectivity index (χ3v) is 4.86. The van der Waals surface area contributed by atoms with Crippen LogP contribution in [0, 0.1) is 6.92 Å². The summed E-state index contributed by atoms with van der Waals surface area (Å²) < 4.78 is 2.26. The van der Waals surface area contributed by atoms with Gasteiger partial charge in [0.2, 0.25) is 5.13 Å². The van der Waals surface area contributed by atoms with Gasteiger partial charge in [0.25, 0.3) is 0 Å². The Balaban J connectivity index is 2.43. The molecule has 0 spiro atoms. The first-order chi connectivity index (χ1) is 7.72. The van der Waals surface area contributed by atoms with E-state index in [1.54, 1.807) is 34.9 Å². The van der Waals surface area contributed by atoms with Crippen LogP contribution in [0.5, 0.6) is 0 Å². The van der Waals surface area contributed by atoms with Gasteiger partial charge < -0.3 is 0 Å². The van der Waals surface area contributed by atoms with Crippen molar-refractivity contribution >= 4 is 54.6 Å². The fourth-order valence-electron chi connectivity index (χ4n) is 1.32. The van der Waals surface area contributed by atoms with E-state index in [-0.39, 0.29) is 0 Å². The summed E-state index contributed by atoms with van der Waals surface area (Å²) in [4.78, 5) is 9.01. The Kier molecular flexibility index (Phi) is 3.89. The second-order valence-corrected chi connectivity index (χ2v) is 6.11. The van der Waals surface area contributed by atoms with Gasteiger partial charge in [-0.15, -0.1) is 23.5 Å². The molecule has 2 rings (SSSR count). The molecule has 5 heteroatoms. The van der Waals surface area contributed by atoms with Crippen LogP contribution in [0.1, 0.15) is 5.56 Å². The standard InChI is InChI=1S/C11H12N2S3/c1-7-4-5-8-9(6-7)16-10(12-8)13-11(14-2)15-3/h4-6H,1-3H3. The van der Waals surface area contributed by atoms with E-state index in [0.29, 0.717) is 0 Å². The Morgan fingerprint density at radius 1 is 1.31 bits per heavy atom. The molecule has 2 aromatic rings. The van der Waals surface area contributed by atoms with Crippen LogP contribution in [0.25, 0.3) is 10.2 Å². The number of benzene rings is 1. The lowest BCUT2D eigenvalue weighted by atomic mass is 10.2. The summed E-state index contributed by atoms with van der Waals surface area (Å²) in [6, 6.07) is 6.29. The van der Waals surface area contributed by atoms with Crippen LogP contribution in [0.4, 0.5) is 5.13 Å². The molecule has 0 aliphatic rings. The molecule has 1 aromatic carbocycles. The number of aromatic nitrogens is 1. The molecule has 0 amide bonds. The molecular weight excluding hydrogens is 256 g/mol. The molecule has 0 saturated heterocycles. The van der Waals surface area contributed by atoms with Crippen LogP contribution in [-0.4, -0.2) is 21.9 Å². The van der Waals surface area contributed by atoms with Crippen molar-refractivity contribution in [2.24, 2.45) is 4.99 Å². The van der Waals surface area contributed by atoms with Crippen molar-refractivity contribution in [3.8, 4) is 0 Å². The number of fused-ring (bicyclic) bond motifs is 1. The molecule has 0 radical (unpaired) electrons. The lowest BCUT2D eigenvalue weighted by Crippen LogP contribution is -1.79. The van der Waals surface area contributed by atoms with Crippen LogP contribution in [0.3, 0.4) is 0 Å². The van der Waals surface area contributed by atoms with Crippen LogP contribution in [0.2, 0.25) is 0 Å². The summed E-state index contributed by atoms with van der Waals surface area (Å²) in [5.74, 6) is 0. The molecule has 0 unspecified atom stereocenters. The van der Waals surface area contributed by atoms with Crippen molar-refractivity contribution in [2.45, 2.75) is 6.92 Å². The minimum absolute atomic E-state index is 0.847. The van der Waals surface area contributed by atoms with Crippen molar-refractivity contribution < 1.29 is 0 Å². The fraction of sp³-hybridized carbons (Fsp3) is 0.273. The molecule has 0 aliphatic carbocycles. The SMILES string of the molecule is CSC(=Nc1nc2ccc(C)cc2s1)SC. The molecule has 1 heterocycles. The van der Waals surface area contributed by atoms with Gasteiger partial charge in [-0.05, 0) is 37.1 Å². The maximum atomic E-state index is 4.51. The first-order valence-electron chi connectivity index (χ1n) is 4.77. The Morgan fingerprint density at radius 3 is 2.75 bits per heavy atom. The summed E-state index contributed by atoms with van der Waals surface area (Å²) in [6.45, 7) is 2.09. The van der Waals surface area contributed by atoms with Crippen LogP contribution >= 0.6 is 34.9 Å². The third kappa shape index (κ3) is 2.59. The van der Waals surface area contributed by atoms with E-state index in [1.807, 2.05) is 12.5 Å². The summed E-state index contributed by atoms with van der Waals surface area (Å²) >= 11 is 4.96. The molecule has 0 N–H and O–H groups in total. The van der Waals surface area contributed by atoms with E-state index in [4.69, 9.17) is 0 Å². The van der Waals surface area contributed by atoms with Crippen LogP contribution in [-0.2, 0) is 0 Å². The average molecular weight is 268 g/mol. The molecule has 0 bridgehead atoms. The maximum Gasteiger partial charge on any atom is 0.211 e. The lowest BCUT2D eigenvalue weighted by molar-refractivity contribution is 1.41. The van der Waals surface area contributed by atoms with E-state index in [2.05, 4.69) is 35.1 Å². The zero-order chi connectivity index (χ0) is 11.5. The monoisotopic (exact) mass is 268 g/mol. The Hall–Kier alpha value is -0.520. The number of aryl methyl sites for hydroxylation is 1. The predicted molar refractivity (Wildman–Crippen MR) is 78.5 cm³/mol. The highest BCUT2D eigenvalue weighted by Crippen LogP contribution is 2.30. The van der Waals surface area contributed by atoms with Crippen LogP contribution < -0.4 is 0 Å². The highest BCUT2D eigenvalue weighted by atomic mass is 32.2. The largest absolute Gasteiger partial charge is 0.218 e. The van der Waals surface area contributed by atoms with Gasteiger partial charge in [-0.1, -0.05) is 17.4 Å². The van der Waals surface area contributed by atoms with Gasteiger partial charge in [0.15, 0.2) is 0 Å². The van der Waals surface area contributed by atoms with Crippen molar-refractivity contribution in [1.29, 1.82) is 0 Å². The van der Waals surface area contributed by atoms with Crippen molar-refractivity contribution in [3.05, 3.63) is 23.8 Å². The van der Waals surface area contributed by atoms with Crippen LogP contribution in [0.15, 0.2) is 23.2 Å². The van der Waals surface area contributed by atoms with Gasteiger partial charge in [0, 0.05) is 0 Å². The zero-order valence-electron chi connectivity index (χ0n) is 9.35. The smallest absolute Gasteiger partial charge is 0.211 e. The van der Waals surface area contributed by atoms with E-state index >= 15 is 0 Å². The number of hydrogen-bond acceptors (Lipinski definition) is 5. The molecular formula is C11H12N2S3. The second-order valence-electron chi connectivity index (χ2n) is 3.25. The average Bonchev–Trinajstić information content (AvgIpc) is 2.67. The van der Waals surface area contributed by atoms with Gasteiger partial charge in [-0.25, -0.2) is 9.98 Å². The number of thioether (sulfide) groups is 2. The molecule has 1 aromatic heterocycles. The Labute approximate surface area is 108 Å². The van der Waals surface area contributed by atoms with Crippen molar-refractivity contribution in [3.63, 3.8) is 0 Å². The first kappa shape index (κ1) is 12.0. The number of aliphatic imine (C=N–C) groups is 1. The number of rotatable bonds is 1. The van der Waals surface area contributed by atoms with Crippen molar-refractivity contribution in [2.75, 3.05) is 12.5 Å². The summed E-state index contributed by atoms with van der Waals surface area (Å²) in [5, 5.41) is 0.847. The van der Waals surface area contributed by atoms with E-state index in [1.165, 1.54) is 10.3 Å². The molecule has 84 valence electrons. The van der Waals surface area contributed by atoms with Crippen molar-refractivity contribution in [1.82, 2.24) is 4.98 Å². The minimum Gasteiger partial charge on any atom is -0.218 e. The number of thiazole rings is 1.